The van der Waals surface area contributed by atoms with E-state index in [9.17, 15) is 9.00 Å². The molecular formula is C13H15NO5S. The molecule has 0 bridgehead atoms. The Morgan fingerprint density at radius 1 is 1.15 bits per heavy atom. The van der Waals surface area contributed by atoms with Gasteiger partial charge in [-0.2, -0.15) is 4.21 Å². The highest BCUT2D eigenvalue weighted by Gasteiger charge is 1.99. The molecule has 1 aromatic carbocycles. The molecule has 7 heteroatoms. The highest BCUT2D eigenvalue weighted by molar-refractivity contribution is 7.74. The van der Waals surface area contributed by atoms with Gasteiger partial charge >= 0.3 is 11.4 Å². The lowest BCUT2D eigenvalue weighted by molar-refractivity contribution is 0.264. The van der Waals surface area contributed by atoms with Crippen molar-refractivity contribution in [1.82, 2.24) is 4.98 Å². The third-order valence-corrected chi connectivity index (χ3v) is 3.06. The maximum Gasteiger partial charge on any atom is 0.301 e. The van der Waals surface area contributed by atoms with Gasteiger partial charge in [-0.1, -0.05) is 0 Å². The van der Waals surface area contributed by atoms with Gasteiger partial charge < -0.3 is 9.72 Å². The normalized spacial score (nSPS) is 12.4. The van der Waals surface area contributed by atoms with Gasteiger partial charge in [0.15, 0.2) is 0 Å². The summed E-state index contributed by atoms with van der Waals surface area (Å²) in [6, 6.07) is 8.72. The minimum absolute atomic E-state index is 0.149. The first-order valence-corrected chi connectivity index (χ1v) is 7.18. The Bertz CT molecular complexity index is 654. The van der Waals surface area contributed by atoms with Crippen LogP contribution in [0.1, 0.15) is 12.8 Å². The smallest absolute Gasteiger partial charge is 0.301 e. The molecule has 1 aromatic heterocycles. The van der Waals surface area contributed by atoms with Crippen LogP contribution in [0.25, 0.3) is 10.9 Å². The summed E-state index contributed by atoms with van der Waals surface area (Å²) in [6.07, 6.45) is 1.34. The molecule has 108 valence electrons. The molecule has 0 aliphatic carbocycles. The van der Waals surface area contributed by atoms with E-state index in [0.717, 1.165) is 10.9 Å². The van der Waals surface area contributed by atoms with Gasteiger partial charge in [-0.25, -0.2) is 0 Å². The van der Waals surface area contributed by atoms with E-state index in [1.807, 2.05) is 12.1 Å². The zero-order chi connectivity index (χ0) is 14.4. The van der Waals surface area contributed by atoms with Crippen LogP contribution in [0.5, 0.6) is 5.75 Å². The molecule has 1 atom stereocenters. The van der Waals surface area contributed by atoms with E-state index in [1.54, 1.807) is 12.1 Å². The molecule has 0 aliphatic heterocycles. The molecule has 0 spiro atoms. The van der Waals surface area contributed by atoms with Crippen molar-refractivity contribution in [2.75, 3.05) is 13.2 Å². The van der Waals surface area contributed by atoms with Crippen LogP contribution in [0.15, 0.2) is 35.1 Å². The van der Waals surface area contributed by atoms with Gasteiger partial charge in [0.25, 0.3) is 0 Å². The number of unbranched alkanes of at least 4 members (excludes halogenated alkanes) is 1. The number of ether oxygens (including phenoxy) is 1. The van der Waals surface area contributed by atoms with Crippen LogP contribution in [0.2, 0.25) is 0 Å². The van der Waals surface area contributed by atoms with Gasteiger partial charge in [-0.15, -0.1) is 0 Å². The summed E-state index contributed by atoms with van der Waals surface area (Å²) in [5.74, 6) is 0.672. The van der Waals surface area contributed by atoms with Gasteiger partial charge in [0.1, 0.15) is 5.75 Å². The lowest BCUT2D eigenvalue weighted by Crippen LogP contribution is -2.04. The van der Waals surface area contributed by atoms with Crippen molar-refractivity contribution < 1.29 is 17.7 Å². The van der Waals surface area contributed by atoms with Crippen molar-refractivity contribution in [2.45, 2.75) is 12.8 Å². The maximum atomic E-state index is 11.2. The zero-order valence-corrected chi connectivity index (χ0v) is 11.5. The van der Waals surface area contributed by atoms with Crippen LogP contribution in [0.4, 0.5) is 0 Å². The second-order valence-corrected chi connectivity index (χ2v) is 4.84. The predicted octanol–water partition coefficient (Wildman–Crippen LogP) is 1.84. The molecular weight excluding hydrogens is 282 g/mol. The van der Waals surface area contributed by atoms with Gasteiger partial charge in [0, 0.05) is 12.1 Å². The second-order valence-electron chi connectivity index (χ2n) is 4.17. The van der Waals surface area contributed by atoms with Gasteiger partial charge in [-0.3, -0.25) is 13.5 Å². The summed E-state index contributed by atoms with van der Waals surface area (Å²) in [5, 5.41) is 0.941. The summed E-state index contributed by atoms with van der Waals surface area (Å²) in [4.78, 5) is 14.0. The molecule has 0 saturated carbocycles. The van der Waals surface area contributed by atoms with Crippen LogP contribution in [-0.2, 0) is 15.5 Å². The number of rotatable bonds is 7. The first-order valence-electron chi connectivity index (χ1n) is 6.15. The first-order chi connectivity index (χ1) is 9.65. The molecule has 1 unspecified atom stereocenters. The van der Waals surface area contributed by atoms with E-state index >= 15 is 0 Å². The summed E-state index contributed by atoms with van der Waals surface area (Å²) in [5.41, 5.74) is 0.581. The summed E-state index contributed by atoms with van der Waals surface area (Å²) < 4.78 is 28.7. The van der Waals surface area contributed by atoms with Crippen LogP contribution in [0.3, 0.4) is 0 Å². The third-order valence-electron chi connectivity index (χ3n) is 2.69. The summed E-state index contributed by atoms with van der Waals surface area (Å²) >= 11 is -2.20. The summed E-state index contributed by atoms with van der Waals surface area (Å²) in [7, 11) is 0. The van der Waals surface area contributed by atoms with Gasteiger partial charge in [0.05, 0.1) is 18.7 Å². The Balaban J connectivity index is 1.84. The molecule has 2 N–H and O–H groups in total. The van der Waals surface area contributed by atoms with Crippen LogP contribution >= 0.6 is 0 Å². The molecule has 0 aliphatic rings. The predicted molar refractivity (Wildman–Crippen MR) is 76.0 cm³/mol. The van der Waals surface area contributed by atoms with E-state index in [4.69, 9.17) is 9.29 Å². The highest BCUT2D eigenvalue weighted by atomic mass is 32.2. The van der Waals surface area contributed by atoms with Crippen LogP contribution in [0, 0.1) is 0 Å². The van der Waals surface area contributed by atoms with E-state index in [-0.39, 0.29) is 12.2 Å². The molecule has 0 amide bonds. The molecule has 20 heavy (non-hydrogen) atoms. The fourth-order valence-electron chi connectivity index (χ4n) is 1.74. The number of hydrogen-bond acceptors (Lipinski definition) is 4. The number of hydrogen-bond donors (Lipinski definition) is 2. The van der Waals surface area contributed by atoms with Crippen molar-refractivity contribution in [2.24, 2.45) is 0 Å². The fraction of sp³-hybridized carbons (Fsp3) is 0.308. The quantitative estimate of drug-likeness (QED) is 0.601. The Hall–Kier alpha value is -1.70. The lowest BCUT2D eigenvalue weighted by Gasteiger charge is -2.07. The van der Waals surface area contributed by atoms with E-state index in [1.165, 1.54) is 6.07 Å². The van der Waals surface area contributed by atoms with Crippen LogP contribution in [-0.4, -0.2) is 27.0 Å². The first kappa shape index (κ1) is 14.7. The molecule has 2 rings (SSSR count). The molecule has 0 saturated heterocycles. The van der Waals surface area contributed by atoms with Crippen molar-refractivity contribution in [3.05, 3.63) is 40.7 Å². The molecule has 1 heterocycles. The van der Waals surface area contributed by atoms with Gasteiger partial charge in [-0.05, 0) is 36.4 Å². The Morgan fingerprint density at radius 3 is 2.70 bits per heavy atom. The second kappa shape index (κ2) is 7.18. The fourth-order valence-corrected chi connectivity index (χ4v) is 2.00. The van der Waals surface area contributed by atoms with E-state index < -0.39 is 11.4 Å². The van der Waals surface area contributed by atoms with Crippen molar-refractivity contribution in [3.63, 3.8) is 0 Å². The Kier molecular flexibility index (Phi) is 5.28. The monoisotopic (exact) mass is 297 g/mol. The number of nitrogens with one attached hydrogen (secondary N) is 1. The number of aromatic nitrogens is 1. The molecule has 2 aromatic rings. The van der Waals surface area contributed by atoms with Crippen molar-refractivity contribution in [1.29, 1.82) is 0 Å². The van der Waals surface area contributed by atoms with E-state index in [0.29, 0.717) is 25.2 Å². The van der Waals surface area contributed by atoms with Crippen molar-refractivity contribution >= 4 is 22.3 Å². The third kappa shape index (κ3) is 4.44. The number of benzene rings is 1. The number of aromatic amines is 1. The molecule has 0 fully saturated rings. The number of fused-ring (bicyclic) bond motifs is 1. The maximum absolute atomic E-state index is 11.2. The highest BCUT2D eigenvalue weighted by Crippen LogP contribution is 2.18. The lowest BCUT2D eigenvalue weighted by atomic mass is 10.2. The standard InChI is InChI=1S/C13H15NO5S/c15-13-6-4-10-3-5-11(9-12(10)14-13)18-7-1-2-8-19-20(16)17/h3-6,9H,1-2,7-8H2,(H,14,15)(H,16,17). The molecule has 0 radical (unpaired) electrons. The van der Waals surface area contributed by atoms with Crippen molar-refractivity contribution in [3.8, 4) is 5.75 Å². The van der Waals surface area contributed by atoms with Crippen LogP contribution < -0.4 is 10.3 Å². The SMILES string of the molecule is O=c1ccc2ccc(OCCCCOS(=O)O)cc2[nH]1. The number of pyridine rings is 1. The minimum Gasteiger partial charge on any atom is -0.494 e. The Morgan fingerprint density at radius 2 is 1.90 bits per heavy atom. The average Bonchev–Trinajstić information content (AvgIpc) is 2.42. The Labute approximate surface area is 118 Å². The van der Waals surface area contributed by atoms with Gasteiger partial charge in [0.2, 0.25) is 5.56 Å². The zero-order valence-electron chi connectivity index (χ0n) is 10.7. The van der Waals surface area contributed by atoms with E-state index in [2.05, 4.69) is 9.17 Å². The minimum atomic E-state index is -2.20. The average molecular weight is 297 g/mol. The number of H-pyrrole nitrogens is 1. The molecule has 6 nitrogen and oxygen atoms in total. The summed E-state index contributed by atoms with van der Waals surface area (Å²) in [6.45, 7) is 0.696. The topological polar surface area (TPSA) is 88.6 Å². The largest absolute Gasteiger partial charge is 0.494 e.